The quantitative estimate of drug-likeness (QED) is 0.693. The fourth-order valence-corrected chi connectivity index (χ4v) is 2.02. The molecule has 1 N–H and O–H groups in total. The summed E-state index contributed by atoms with van der Waals surface area (Å²) in [5, 5.41) is 8.63. The molecule has 0 aromatic heterocycles. The Bertz CT molecular complexity index is 170. The van der Waals surface area contributed by atoms with Crippen LogP contribution in [0.4, 0.5) is 0 Å². The predicted molar refractivity (Wildman–Crippen MR) is 47.1 cm³/mol. The first kappa shape index (κ1) is 9.52. The zero-order valence-corrected chi connectivity index (χ0v) is 7.79. The van der Waals surface area contributed by atoms with Crippen molar-refractivity contribution in [3.63, 3.8) is 0 Å². The van der Waals surface area contributed by atoms with Crippen LogP contribution in [0.1, 0.15) is 26.7 Å². The van der Waals surface area contributed by atoms with E-state index < -0.39 is 5.97 Å². The first-order valence-electron chi connectivity index (χ1n) is 4.61. The Morgan fingerprint density at radius 1 is 1.67 bits per heavy atom. The topological polar surface area (TPSA) is 40.5 Å². The van der Waals surface area contributed by atoms with Crippen molar-refractivity contribution in [2.75, 3.05) is 13.1 Å². The molecular weight excluding hydrogens is 154 g/mol. The van der Waals surface area contributed by atoms with Gasteiger partial charge in [-0.15, -0.1) is 0 Å². The predicted octanol–water partition coefficient (Wildman–Crippen LogP) is 1.19. The van der Waals surface area contributed by atoms with Crippen molar-refractivity contribution in [3.8, 4) is 0 Å². The van der Waals surface area contributed by atoms with Gasteiger partial charge in [0.05, 0.1) is 0 Å². The van der Waals surface area contributed by atoms with Crippen LogP contribution in [0.5, 0.6) is 0 Å². The van der Waals surface area contributed by atoms with Crippen LogP contribution in [0.2, 0.25) is 0 Å². The SMILES string of the molecule is CCN1CC[C@H](CC(=O)O)[C@H]1C. The van der Waals surface area contributed by atoms with E-state index in [4.69, 9.17) is 5.11 Å². The maximum Gasteiger partial charge on any atom is 0.303 e. The maximum atomic E-state index is 10.5. The van der Waals surface area contributed by atoms with Gasteiger partial charge in [0.2, 0.25) is 0 Å². The van der Waals surface area contributed by atoms with Crippen molar-refractivity contribution in [3.05, 3.63) is 0 Å². The number of aliphatic carboxylic acids is 1. The van der Waals surface area contributed by atoms with Gasteiger partial charge in [0.1, 0.15) is 0 Å². The number of hydrogen-bond donors (Lipinski definition) is 1. The van der Waals surface area contributed by atoms with Gasteiger partial charge in [0.25, 0.3) is 0 Å². The van der Waals surface area contributed by atoms with Crippen molar-refractivity contribution in [1.29, 1.82) is 0 Å². The summed E-state index contributed by atoms with van der Waals surface area (Å²) in [6.07, 6.45) is 1.37. The number of hydrogen-bond acceptors (Lipinski definition) is 2. The van der Waals surface area contributed by atoms with E-state index in [1.54, 1.807) is 0 Å². The Kier molecular flexibility index (Phi) is 3.09. The number of carbonyl (C=O) groups is 1. The zero-order chi connectivity index (χ0) is 9.14. The molecule has 0 aromatic carbocycles. The molecule has 0 aliphatic carbocycles. The van der Waals surface area contributed by atoms with Crippen LogP contribution in [0.25, 0.3) is 0 Å². The van der Waals surface area contributed by atoms with Crippen molar-refractivity contribution in [2.24, 2.45) is 5.92 Å². The molecule has 0 spiro atoms. The molecule has 1 rings (SSSR count). The first-order chi connectivity index (χ1) is 5.65. The lowest BCUT2D eigenvalue weighted by Crippen LogP contribution is -2.30. The highest BCUT2D eigenvalue weighted by atomic mass is 16.4. The summed E-state index contributed by atoms with van der Waals surface area (Å²) in [5.74, 6) is -0.299. The highest BCUT2D eigenvalue weighted by molar-refractivity contribution is 5.67. The lowest BCUT2D eigenvalue weighted by atomic mass is 9.98. The minimum atomic E-state index is -0.662. The van der Waals surface area contributed by atoms with Crippen LogP contribution in [0.15, 0.2) is 0 Å². The normalized spacial score (nSPS) is 30.8. The molecule has 3 heteroatoms. The van der Waals surface area contributed by atoms with Crippen LogP contribution in [0.3, 0.4) is 0 Å². The Morgan fingerprint density at radius 2 is 2.33 bits per heavy atom. The van der Waals surface area contributed by atoms with Gasteiger partial charge in [-0.3, -0.25) is 4.79 Å². The smallest absolute Gasteiger partial charge is 0.303 e. The van der Waals surface area contributed by atoms with E-state index in [-0.39, 0.29) is 0 Å². The van der Waals surface area contributed by atoms with Crippen LogP contribution in [-0.2, 0) is 4.79 Å². The van der Waals surface area contributed by atoms with E-state index in [1.165, 1.54) is 0 Å². The van der Waals surface area contributed by atoms with E-state index in [0.29, 0.717) is 18.4 Å². The Morgan fingerprint density at radius 3 is 2.75 bits per heavy atom. The molecule has 0 unspecified atom stereocenters. The number of carboxylic acid groups (broad SMARTS) is 1. The second kappa shape index (κ2) is 3.90. The monoisotopic (exact) mass is 171 g/mol. The third kappa shape index (κ3) is 1.97. The molecule has 2 atom stereocenters. The standard InChI is InChI=1S/C9H17NO2/c1-3-10-5-4-8(7(10)2)6-9(11)12/h7-8H,3-6H2,1-2H3,(H,11,12)/t7-,8-/m1/s1. The van der Waals surface area contributed by atoms with E-state index in [1.807, 2.05) is 0 Å². The minimum absolute atomic E-state index is 0.331. The molecule has 0 radical (unpaired) electrons. The van der Waals surface area contributed by atoms with E-state index >= 15 is 0 Å². The number of nitrogens with zero attached hydrogens (tertiary/aromatic N) is 1. The first-order valence-corrected chi connectivity index (χ1v) is 4.61. The van der Waals surface area contributed by atoms with E-state index in [9.17, 15) is 4.79 Å². The molecule has 0 bridgehead atoms. The van der Waals surface area contributed by atoms with Gasteiger partial charge in [-0.25, -0.2) is 0 Å². The zero-order valence-electron chi connectivity index (χ0n) is 7.79. The fraction of sp³-hybridized carbons (Fsp3) is 0.889. The summed E-state index contributed by atoms with van der Waals surface area (Å²) in [7, 11) is 0. The third-order valence-corrected chi connectivity index (χ3v) is 2.89. The molecule has 0 aromatic rings. The number of rotatable bonds is 3. The lowest BCUT2D eigenvalue weighted by Gasteiger charge is -2.21. The summed E-state index contributed by atoms with van der Waals surface area (Å²) in [6.45, 7) is 6.36. The fourth-order valence-electron chi connectivity index (χ4n) is 2.02. The minimum Gasteiger partial charge on any atom is -0.481 e. The molecule has 1 aliphatic heterocycles. The Hall–Kier alpha value is -0.570. The molecule has 0 saturated carbocycles. The van der Waals surface area contributed by atoms with Gasteiger partial charge in [-0.2, -0.15) is 0 Å². The molecule has 1 heterocycles. The van der Waals surface area contributed by atoms with E-state index in [2.05, 4.69) is 18.7 Å². The molecule has 1 aliphatic rings. The van der Waals surface area contributed by atoms with Gasteiger partial charge in [0, 0.05) is 12.5 Å². The summed E-state index contributed by atoms with van der Waals surface area (Å²) in [6, 6.07) is 0.450. The molecule has 3 nitrogen and oxygen atoms in total. The summed E-state index contributed by atoms with van der Waals surface area (Å²) >= 11 is 0. The third-order valence-electron chi connectivity index (χ3n) is 2.89. The molecule has 1 saturated heterocycles. The van der Waals surface area contributed by atoms with Crippen molar-refractivity contribution >= 4 is 5.97 Å². The number of likely N-dealkylation sites (tertiary alicyclic amines) is 1. The largest absolute Gasteiger partial charge is 0.481 e. The van der Waals surface area contributed by atoms with Crippen molar-refractivity contribution in [2.45, 2.75) is 32.7 Å². The maximum absolute atomic E-state index is 10.5. The summed E-state index contributed by atoms with van der Waals surface area (Å²) in [4.78, 5) is 12.8. The van der Waals surface area contributed by atoms with Gasteiger partial charge in [-0.1, -0.05) is 6.92 Å². The summed E-state index contributed by atoms with van der Waals surface area (Å²) in [5.41, 5.74) is 0. The van der Waals surface area contributed by atoms with Crippen LogP contribution < -0.4 is 0 Å². The molecule has 70 valence electrons. The average molecular weight is 171 g/mol. The Labute approximate surface area is 73.4 Å². The molecule has 0 amide bonds. The molecule has 12 heavy (non-hydrogen) atoms. The second-order valence-corrected chi connectivity index (χ2v) is 3.52. The van der Waals surface area contributed by atoms with Gasteiger partial charge < -0.3 is 10.0 Å². The van der Waals surface area contributed by atoms with Crippen LogP contribution in [-0.4, -0.2) is 35.1 Å². The Balaban J connectivity index is 2.43. The molecular formula is C9H17NO2. The van der Waals surface area contributed by atoms with Crippen LogP contribution in [0, 0.1) is 5.92 Å². The number of carboxylic acids is 1. The van der Waals surface area contributed by atoms with Crippen LogP contribution >= 0.6 is 0 Å². The van der Waals surface area contributed by atoms with Gasteiger partial charge >= 0.3 is 5.97 Å². The molecule has 1 fully saturated rings. The van der Waals surface area contributed by atoms with Crippen molar-refractivity contribution < 1.29 is 9.90 Å². The van der Waals surface area contributed by atoms with Crippen molar-refractivity contribution in [1.82, 2.24) is 4.90 Å². The van der Waals surface area contributed by atoms with Gasteiger partial charge in [-0.05, 0) is 32.4 Å². The van der Waals surface area contributed by atoms with E-state index in [0.717, 1.165) is 19.5 Å². The average Bonchev–Trinajstić information content (AvgIpc) is 2.32. The lowest BCUT2D eigenvalue weighted by molar-refractivity contribution is -0.138. The second-order valence-electron chi connectivity index (χ2n) is 3.52. The van der Waals surface area contributed by atoms with Gasteiger partial charge in [0.15, 0.2) is 0 Å². The highest BCUT2D eigenvalue weighted by Gasteiger charge is 2.30. The highest BCUT2D eigenvalue weighted by Crippen LogP contribution is 2.26. The summed E-state index contributed by atoms with van der Waals surface area (Å²) < 4.78 is 0.